The molecule has 1 aromatic heterocycles. The average Bonchev–Trinajstić information content (AvgIpc) is 2.61. The monoisotopic (exact) mass is 233 g/mol. The van der Waals surface area contributed by atoms with Gasteiger partial charge in [0, 0.05) is 30.6 Å². The molecule has 2 N–H and O–H groups in total. The summed E-state index contributed by atoms with van der Waals surface area (Å²) >= 11 is 0. The van der Waals surface area contributed by atoms with Crippen LogP contribution in [0.3, 0.4) is 0 Å². The van der Waals surface area contributed by atoms with Crippen LogP contribution < -0.4 is 5.73 Å². The van der Waals surface area contributed by atoms with Gasteiger partial charge in [0.2, 0.25) is 0 Å². The zero-order valence-electron chi connectivity index (χ0n) is 10.9. The second kappa shape index (κ2) is 3.98. The Morgan fingerprint density at radius 1 is 1.24 bits per heavy atom. The number of rotatable bonds is 1. The van der Waals surface area contributed by atoms with Crippen LogP contribution in [0.4, 0.5) is 0 Å². The van der Waals surface area contributed by atoms with E-state index in [-0.39, 0.29) is 5.41 Å². The Kier molecular flexibility index (Phi) is 2.77. The molecule has 5 nitrogen and oxygen atoms in total. The van der Waals surface area contributed by atoms with E-state index in [1.54, 1.807) is 0 Å². The van der Waals surface area contributed by atoms with Gasteiger partial charge in [-0.05, 0) is 6.42 Å². The number of aromatic nitrogens is 2. The lowest BCUT2D eigenvalue weighted by molar-refractivity contribution is 0.552. The predicted octanol–water partition coefficient (Wildman–Crippen LogP) is 1.57. The first-order chi connectivity index (χ1) is 7.88. The highest BCUT2D eigenvalue weighted by molar-refractivity contribution is 6.04. The molecule has 0 aliphatic carbocycles. The van der Waals surface area contributed by atoms with Crippen molar-refractivity contribution in [3.63, 3.8) is 0 Å². The van der Waals surface area contributed by atoms with Crippen molar-refractivity contribution in [2.45, 2.75) is 39.0 Å². The predicted molar refractivity (Wildman–Crippen MR) is 69.3 cm³/mol. The van der Waals surface area contributed by atoms with Crippen molar-refractivity contribution in [1.29, 1.82) is 0 Å². The molecule has 17 heavy (non-hydrogen) atoms. The number of hydrogen-bond acceptors (Lipinski definition) is 4. The second-order valence-corrected chi connectivity index (χ2v) is 5.45. The van der Waals surface area contributed by atoms with Crippen molar-refractivity contribution < 1.29 is 0 Å². The average molecular weight is 233 g/mol. The fraction of sp³-hybridized carbons (Fsp3) is 0.583. The van der Waals surface area contributed by atoms with E-state index >= 15 is 0 Å². The fourth-order valence-electron chi connectivity index (χ4n) is 1.91. The van der Waals surface area contributed by atoms with E-state index in [2.05, 4.69) is 36.1 Å². The molecule has 0 radical (unpaired) electrons. The number of hydrogen-bond donors (Lipinski definition) is 1. The Balaban J connectivity index is 2.46. The molecule has 0 fully saturated rings. The highest BCUT2D eigenvalue weighted by atomic mass is 15.3. The summed E-state index contributed by atoms with van der Waals surface area (Å²) in [5.41, 5.74) is 8.77. The lowest BCUT2D eigenvalue weighted by Gasteiger charge is -2.18. The zero-order chi connectivity index (χ0) is 12.6. The number of nitrogens with two attached hydrogens (primary N) is 1. The van der Waals surface area contributed by atoms with Crippen LogP contribution in [0.1, 0.15) is 44.9 Å². The van der Waals surface area contributed by atoms with E-state index in [9.17, 15) is 0 Å². The van der Waals surface area contributed by atoms with Crippen molar-refractivity contribution in [3.05, 3.63) is 17.5 Å². The first-order valence-corrected chi connectivity index (χ1v) is 5.81. The van der Waals surface area contributed by atoms with E-state index in [4.69, 9.17) is 5.73 Å². The third-order valence-electron chi connectivity index (χ3n) is 2.77. The van der Waals surface area contributed by atoms with Gasteiger partial charge in [0.25, 0.3) is 0 Å². The van der Waals surface area contributed by atoms with Gasteiger partial charge in [-0.15, -0.1) is 5.10 Å². The Bertz CT molecular complexity index is 487. The Labute approximate surface area is 101 Å². The maximum Gasteiger partial charge on any atom is 0.122 e. The molecule has 0 amide bonds. The first-order valence-electron chi connectivity index (χ1n) is 5.81. The van der Waals surface area contributed by atoms with Crippen molar-refractivity contribution >= 4 is 11.5 Å². The third-order valence-corrected chi connectivity index (χ3v) is 2.77. The summed E-state index contributed by atoms with van der Waals surface area (Å²) in [6.07, 6.45) is 3.62. The van der Waals surface area contributed by atoms with Crippen LogP contribution in [0.5, 0.6) is 0 Å². The molecule has 5 heteroatoms. The molecule has 0 spiro atoms. The van der Waals surface area contributed by atoms with Gasteiger partial charge >= 0.3 is 0 Å². The zero-order valence-corrected chi connectivity index (χ0v) is 10.9. The van der Waals surface area contributed by atoms with Crippen molar-refractivity contribution in [2.75, 3.05) is 0 Å². The number of nitrogens with zero attached hydrogens (tertiary/aromatic N) is 4. The first kappa shape index (κ1) is 11.8. The SMILES string of the molecule is Cn1cc(C2=NN=C(N)CC2)c(C(C)(C)C)n1. The van der Waals surface area contributed by atoms with Crippen LogP contribution in [-0.4, -0.2) is 21.3 Å². The van der Waals surface area contributed by atoms with E-state index in [0.29, 0.717) is 5.84 Å². The van der Waals surface area contributed by atoms with Crippen molar-refractivity contribution in [3.8, 4) is 0 Å². The minimum atomic E-state index is 0.00577. The minimum Gasteiger partial charge on any atom is -0.386 e. The summed E-state index contributed by atoms with van der Waals surface area (Å²) in [5, 5.41) is 12.7. The maximum atomic E-state index is 5.63. The third kappa shape index (κ3) is 2.38. The fourth-order valence-corrected chi connectivity index (χ4v) is 1.91. The number of amidine groups is 1. The van der Waals surface area contributed by atoms with Gasteiger partial charge in [-0.3, -0.25) is 4.68 Å². The van der Waals surface area contributed by atoms with E-state index in [1.807, 2.05) is 17.9 Å². The molecular weight excluding hydrogens is 214 g/mol. The second-order valence-electron chi connectivity index (χ2n) is 5.45. The summed E-state index contributed by atoms with van der Waals surface area (Å²) in [4.78, 5) is 0. The lowest BCUT2D eigenvalue weighted by Crippen LogP contribution is -2.21. The molecule has 0 atom stereocenters. The van der Waals surface area contributed by atoms with Crippen LogP contribution in [0, 0.1) is 0 Å². The van der Waals surface area contributed by atoms with Crippen LogP contribution in [0.2, 0.25) is 0 Å². The van der Waals surface area contributed by atoms with E-state index in [1.165, 1.54) is 0 Å². The molecule has 1 aromatic rings. The summed E-state index contributed by atoms with van der Waals surface area (Å²) in [6.45, 7) is 6.46. The molecule has 0 bridgehead atoms. The van der Waals surface area contributed by atoms with Gasteiger partial charge in [0.15, 0.2) is 0 Å². The van der Waals surface area contributed by atoms with E-state index in [0.717, 1.165) is 29.8 Å². The summed E-state index contributed by atoms with van der Waals surface area (Å²) in [5.74, 6) is 0.606. The Morgan fingerprint density at radius 2 is 1.94 bits per heavy atom. The summed E-state index contributed by atoms with van der Waals surface area (Å²) in [6, 6.07) is 0. The Morgan fingerprint density at radius 3 is 2.47 bits per heavy atom. The summed E-state index contributed by atoms with van der Waals surface area (Å²) in [7, 11) is 1.93. The van der Waals surface area contributed by atoms with Crippen molar-refractivity contribution in [2.24, 2.45) is 23.0 Å². The quantitative estimate of drug-likeness (QED) is 0.800. The van der Waals surface area contributed by atoms with Gasteiger partial charge in [-0.25, -0.2) is 0 Å². The highest BCUT2D eigenvalue weighted by Gasteiger charge is 2.25. The number of aryl methyl sites for hydroxylation is 1. The van der Waals surface area contributed by atoms with Crippen LogP contribution in [-0.2, 0) is 12.5 Å². The van der Waals surface area contributed by atoms with Crippen LogP contribution >= 0.6 is 0 Å². The Hall–Kier alpha value is -1.65. The minimum absolute atomic E-state index is 0.00577. The molecule has 0 aromatic carbocycles. The normalized spacial score (nSPS) is 16.7. The van der Waals surface area contributed by atoms with Gasteiger partial charge in [-0.1, -0.05) is 20.8 Å². The van der Waals surface area contributed by atoms with Crippen LogP contribution in [0.25, 0.3) is 0 Å². The molecule has 0 saturated heterocycles. The molecule has 0 unspecified atom stereocenters. The molecule has 0 saturated carbocycles. The summed E-state index contributed by atoms with van der Waals surface area (Å²) < 4.78 is 1.83. The van der Waals surface area contributed by atoms with Crippen molar-refractivity contribution in [1.82, 2.24) is 9.78 Å². The molecule has 1 aliphatic rings. The van der Waals surface area contributed by atoms with Gasteiger partial charge in [0.05, 0.1) is 11.4 Å². The largest absolute Gasteiger partial charge is 0.386 e. The van der Waals surface area contributed by atoms with Gasteiger partial charge < -0.3 is 5.73 Å². The molecule has 1 aliphatic heterocycles. The maximum absolute atomic E-state index is 5.63. The molecule has 2 heterocycles. The highest BCUT2D eigenvalue weighted by Crippen LogP contribution is 2.26. The standard InChI is InChI=1S/C12H19N5/c1-12(2,3)11-8(7-17(4)16-11)9-5-6-10(13)15-14-9/h7H,5-6H2,1-4H3,(H2,13,15). The molecule has 2 rings (SSSR count). The topological polar surface area (TPSA) is 68.6 Å². The lowest BCUT2D eigenvalue weighted by atomic mass is 9.87. The van der Waals surface area contributed by atoms with E-state index < -0.39 is 0 Å². The van der Waals surface area contributed by atoms with Crippen LogP contribution in [0.15, 0.2) is 16.4 Å². The van der Waals surface area contributed by atoms with Gasteiger partial charge in [0.1, 0.15) is 5.84 Å². The van der Waals surface area contributed by atoms with Gasteiger partial charge in [-0.2, -0.15) is 10.2 Å². The molecule has 92 valence electrons. The molecular formula is C12H19N5. The smallest absolute Gasteiger partial charge is 0.122 e.